The van der Waals surface area contributed by atoms with Crippen LogP contribution in [0.25, 0.3) is 0 Å². The summed E-state index contributed by atoms with van der Waals surface area (Å²) in [5, 5.41) is 6.75. The van der Waals surface area contributed by atoms with Crippen molar-refractivity contribution in [2.75, 3.05) is 6.54 Å². The van der Waals surface area contributed by atoms with Gasteiger partial charge in [-0.3, -0.25) is 5.10 Å². The summed E-state index contributed by atoms with van der Waals surface area (Å²) >= 11 is 3.06. The number of benzene rings is 1. The topological polar surface area (TPSA) is 74.8 Å². The van der Waals surface area contributed by atoms with Crippen molar-refractivity contribution in [3.63, 3.8) is 0 Å². The molecule has 0 aliphatic heterocycles. The molecule has 21 heavy (non-hydrogen) atoms. The van der Waals surface area contributed by atoms with Gasteiger partial charge in [0.05, 0.1) is 11.1 Å². The summed E-state index contributed by atoms with van der Waals surface area (Å²) in [7, 11) is -3.65. The molecule has 0 aliphatic carbocycles. The molecular formula is C13H15BrFN3O2S. The predicted octanol–water partition coefficient (Wildman–Crippen LogP) is 2.53. The van der Waals surface area contributed by atoms with Gasteiger partial charge >= 0.3 is 0 Å². The Morgan fingerprint density at radius 1 is 1.43 bits per heavy atom. The Hall–Kier alpha value is -1.25. The Morgan fingerprint density at radius 3 is 2.81 bits per heavy atom. The van der Waals surface area contributed by atoms with Crippen LogP contribution < -0.4 is 4.72 Å². The number of hydrogen-bond acceptors (Lipinski definition) is 3. The number of aryl methyl sites for hydroxylation is 2. The van der Waals surface area contributed by atoms with Crippen LogP contribution in [0.3, 0.4) is 0 Å². The van der Waals surface area contributed by atoms with Crippen molar-refractivity contribution in [3.05, 3.63) is 45.9 Å². The summed E-state index contributed by atoms with van der Waals surface area (Å²) in [5.41, 5.74) is 2.05. The summed E-state index contributed by atoms with van der Waals surface area (Å²) < 4.78 is 39.9. The van der Waals surface area contributed by atoms with Crippen LogP contribution in [0.5, 0.6) is 0 Å². The third kappa shape index (κ3) is 4.12. The molecule has 0 saturated heterocycles. The standard InChI is InChI=1S/C13H15BrFN3O2S/c1-9-10(8-16-18-9)3-2-6-17-21(19,20)13-5-4-11(15)7-12(13)14/h4-5,7-8,17H,2-3,6H2,1H3,(H,16,18). The quantitative estimate of drug-likeness (QED) is 0.761. The zero-order chi connectivity index (χ0) is 15.5. The van der Waals surface area contributed by atoms with E-state index < -0.39 is 15.8 Å². The smallest absolute Gasteiger partial charge is 0.241 e. The predicted molar refractivity (Wildman–Crippen MR) is 80.9 cm³/mol. The van der Waals surface area contributed by atoms with E-state index in [1.54, 1.807) is 6.20 Å². The summed E-state index contributed by atoms with van der Waals surface area (Å²) in [5.74, 6) is -0.490. The molecular weight excluding hydrogens is 361 g/mol. The van der Waals surface area contributed by atoms with E-state index in [1.807, 2.05) is 6.92 Å². The summed E-state index contributed by atoms with van der Waals surface area (Å²) in [4.78, 5) is 0.0309. The van der Waals surface area contributed by atoms with E-state index in [1.165, 1.54) is 6.07 Å². The second kappa shape index (κ2) is 6.67. The number of H-pyrrole nitrogens is 1. The molecule has 0 aliphatic rings. The maximum absolute atomic E-state index is 13.0. The lowest BCUT2D eigenvalue weighted by atomic mass is 10.1. The summed E-state index contributed by atoms with van der Waals surface area (Å²) in [6.45, 7) is 2.22. The van der Waals surface area contributed by atoms with E-state index in [0.717, 1.165) is 29.8 Å². The molecule has 0 unspecified atom stereocenters. The van der Waals surface area contributed by atoms with Gasteiger partial charge in [-0.2, -0.15) is 5.10 Å². The molecule has 0 amide bonds. The summed E-state index contributed by atoms with van der Waals surface area (Å²) in [6, 6.07) is 3.49. The first kappa shape index (κ1) is 16.1. The van der Waals surface area contributed by atoms with E-state index in [4.69, 9.17) is 0 Å². The number of nitrogens with zero attached hydrogens (tertiary/aromatic N) is 1. The highest BCUT2D eigenvalue weighted by Crippen LogP contribution is 2.22. The third-order valence-electron chi connectivity index (χ3n) is 3.03. The first-order valence-electron chi connectivity index (χ1n) is 6.34. The second-order valence-corrected chi connectivity index (χ2v) is 7.19. The Labute approximate surface area is 131 Å². The van der Waals surface area contributed by atoms with Gasteiger partial charge in [-0.1, -0.05) is 0 Å². The van der Waals surface area contributed by atoms with E-state index in [9.17, 15) is 12.8 Å². The van der Waals surface area contributed by atoms with Crippen LogP contribution >= 0.6 is 15.9 Å². The van der Waals surface area contributed by atoms with Gasteiger partial charge in [0.15, 0.2) is 0 Å². The largest absolute Gasteiger partial charge is 0.283 e. The molecule has 0 bridgehead atoms. The maximum Gasteiger partial charge on any atom is 0.241 e. The van der Waals surface area contributed by atoms with Crippen LogP contribution in [0.1, 0.15) is 17.7 Å². The third-order valence-corrected chi connectivity index (χ3v) is 5.47. The van der Waals surface area contributed by atoms with Gasteiger partial charge in [-0.25, -0.2) is 17.5 Å². The molecule has 2 rings (SSSR count). The molecule has 0 fully saturated rings. The SMILES string of the molecule is Cc1[nH]ncc1CCCNS(=O)(=O)c1ccc(F)cc1Br. The normalized spacial score (nSPS) is 11.8. The fraction of sp³-hybridized carbons (Fsp3) is 0.308. The fourth-order valence-electron chi connectivity index (χ4n) is 1.88. The van der Waals surface area contributed by atoms with Crippen molar-refractivity contribution in [1.29, 1.82) is 0 Å². The first-order valence-corrected chi connectivity index (χ1v) is 8.61. The highest BCUT2D eigenvalue weighted by atomic mass is 79.9. The number of rotatable bonds is 6. The molecule has 1 aromatic heterocycles. The lowest BCUT2D eigenvalue weighted by molar-refractivity contribution is 0.577. The number of hydrogen-bond donors (Lipinski definition) is 2. The van der Waals surface area contributed by atoms with Gasteiger partial charge in [0.25, 0.3) is 0 Å². The molecule has 0 saturated carbocycles. The minimum Gasteiger partial charge on any atom is -0.283 e. The Bertz CT molecular complexity index is 731. The average molecular weight is 376 g/mol. The molecule has 0 radical (unpaired) electrons. The number of halogens is 2. The lowest BCUT2D eigenvalue weighted by Gasteiger charge is -2.08. The molecule has 0 atom stereocenters. The van der Waals surface area contributed by atoms with Crippen LogP contribution in [0, 0.1) is 12.7 Å². The van der Waals surface area contributed by atoms with E-state index in [-0.39, 0.29) is 9.37 Å². The molecule has 1 aromatic carbocycles. The zero-order valence-corrected chi connectivity index (χ0v) is 13.8. The van der Waals surface area contributed by atoms with Crippen LogP contribution in [0.2, 0.25) is 0 Å². The van der Waals surface area contributed by atoms with E-state index >= 15 is 0 Å². The number of nitrogens with one attached hydrogen (secondary N) is 2. The highest BCUT2D eigenvalue weighted by molar-refractivity contribution is 9.10. The van der Waals surface area contributed by atoms with E-state index in [2.05, 4.69) is 30.8 Å². The zero-order valence-electron chi connectivity index (χ0n) is 11.4. The van der Waals surface area contributed by atoms with Crippen LogP contribution in [-0.4, -0.2) is 25.2 Å². The van der Waals surface area contributed by atoms with E-state index in [0.29, 0.717) is 13.0 Å². The highest BCUT2D eigenvalue weighted by Gasteiger charge is 2.17. The Morgan fingerprint density at radius 2 is 2.19 bits per heavy atom. The van der Waals surface area contributed by atoms with Crippen molar-refractivity contribution < 1.29 is 12.8 Å². The molecule has 8 heteroatoms. The van der Waals surface area contributed by atoms with Crippen molar-refractivity contribution in [2.24, 2.45) is 0 Å². The number of aromatic amines is 1. The van der Waals surface area contributed by atoms with Crippen LogP contribution in [-0.2, 0) is 16.4 Å². The van der Waals surface area contributed by atoms with Gasteiger partial charge < -0.3 is 0 Å². The van der Waals surface area contributed by atoms with Crippen molar-refractivity contribution in [1.82, 2.24) is 14.9 Å². The molecule has 2 N–H and O–H groups in total. The van der Waals surface area contributed by atoms with Gasteiger partial charge in [0.2, 0.25) is 10.0 Å². The molecule has 5 nitrogen and oxygen atoms in total. The second-order valence-electron chi connectivity index (χ2n) is 4.60. The molecule has 114 valence electrons. The lowest BCUT2D eigenvalue weighted by Crippen LogP contribution is -2.25. The van der Waals surface area contributed by atoms with Gasteiger partial charge in [-0.05, 0) is 59.5 Å². The Balaban J connectivity index is 1.94. The van der Waals surface area contributed by atoms with Crippen LogP contribution in [0.15, 0.2) is 33.8 Å². The van der Waals surface area contributed by atoms with Crippen LogP contribution in [0.4, 0.5) is 4.39 Å². The Kier molecular flexibility index (Phi) is 5.13. The minimum atomic E-state index is -3.65. The van der Waals surface area contributed by atoms with Gasteiger partial charge in [0.1, 0.15) is 5.82 Å². The van der Waals surface area contributed by atoms with Crippen molar-refractivity contribution >= 4 is 26.0 Å². The number of aromatic nitrogens is 2. The molecule has 0 spiro atoms. The van der Waals surface area contributed by atoms with Crippen molar-refractivity contribution in [2.45, 2.75) is 24.7 Å². The van der Waals surface area contributed by atoms with Gasteiger partial charge in [-0.15, -0.1) is 0 Å². The maximum atomic E-state index is 13.0. The number of sulfonamides is 1. The summed E-state index contributed by atoms with van der Waals surface area (Å²) in [6.07, 6.45) is 3.12. The fourth-order valence-corrected chi connectivity index (χ4v) is 4.01. The van der Waals surface area contributed by atoms with Crippen molar-refractivity contribution in [3.8, 4) is 0 Å². The minimum absolute atomic E-state index is 0.0309. The average Bonchev–Trinajstić information content (AvgIpc) is 2.80. The molecule has 2 aromatic rings. The molecule has 1 heterocycles. The first-order chi connectivity index (χ1) is 9.90. The van der Waals surface area contributed by atoms with Gasteiger partial charge in [0, 0.05) is 16.7 Å². The monoisotopic (exact) mass is 375 g/mol.